The van der Waals surface area contributed by atoms with Gasteiger partial charge in [-0.15, -0.1) is 0 Å². The molecule has 0 aliphatic carbocycles. The summed E-state index contributed by atoms with van der Waals surface area (Å²) in [4.78, 5) is 13.7. The molecular weight excluding hydrogens is 346 g/mol. The lowest BCUT2D eigenvalue weighted by Crippen LogP contribution is -2.28. The maximum absolute atomic E-state index is 11.9. The smallest absolute Gasteiger partial charge is 0.227 e. The van der Waals surface area contributed by atoms with Crippen molar-refractivity contribution in [3.63, 3.8) is 0 Å². The predicted molar refractivity (Wildman–Crippen MR) is 109 cm³/mol. The van der Waals surface area contributed by atoms with Crippen LogP contribution in [0.25, 0.3) is 0 Å². The third kappa shape index (κ3) is 4.73. The molecule has 2 aromatic carbocycles. The number of anilines is 2. The Hall–Kier alpha value is -2.60. The fourth-order valence-electron chi connectivity index (χ4n) is 2.91. The molecule has 1 aliphatic heterocycles. The molecule has 2 aromatic rings. The van der Waals surface area contributed by atoms with Crippen LogP contribution in [0, 0.1) is 0 Å². The highest BCUT2D eigenvalue weighted by Gasteiger charge is 2.21. The average molecular weight is 369 g/mol. The molecule has 0 saturated carbocycles. The van der Waals surface area contributed by atoms with Crippen molar-refractivity contribution in [1.82, 2.24) is 5.32 Å². The van der Waals surface area contributed by atoms with Crippen LogP contribution in [0.15, 0.2) is 48.5 Å². The summed E-state index contributed by atoms with van der Waals surface area (Å²) in [5, 5.41) is 6.91. The van der Waals surface area contributed by atoms with Gasteiger partial charge in [-0.1, -0.05) is 12.1 Å². The van der Waals surface area contributed by atoms with Crippen molar-refractivity contribution >= 4 is 34.6 Å². The number of carbonyl (C=O) groups is 1. The van der Waals surface area contributed by atoms with E-state index in [0.29, 0.717) is 24.7 Å². The highest BCUT2D eigenvalue weighted by molar-refractivity contribution is 7.80. The van der Waals surface area contributed by atoms with E-state index < -0.39 is 0 Å². The molecule has 1 saturated heterocycles. The first-order chi connectivity index (χ1) is 12.7. The Balaban J connectivity index is 1.53. The Morgan fingerprint density at radius 1 is 1.23 bits per heavy atom. The second kappa shape index (κ2) is 8.67. The van der Waals surface area contributed by atoms with Gasteiger partial charge >= 0.3 is 0 Å². The molecule has 136 valence electrons. The quantitative estimate of drug-likeness (QED) is 0.761. The first-order valence-corrected chi connectivity index (χ1v) is 9.23. The van der Waals surface area contributed by atoms with Gasteiger partial charge in [0.2, 0.25) is 5.91 Å². The van der Waals surface area contributed by atoms with Crippen molar-refractivity contribution in [3.8, 4) is 5.75 Å². The van der Waals surface area contributed by atoms with E-state index in [0.717, 1.165) is 35.7 Å². The Bertz CT molecular complexity index is 777. The molecule has 0 unspecified atom stereocenters. The second-order valence-electron chi connectivity index (χ2n) is 6.08. The van der Waals surface area contributed by atoms with Gasteiger partial charge in [-0.3, -0.25) is 4.79 Å². The third-order valence-corrected chi connectivity index (χ3v) is 4.42. The van der Waals surface area contributed by atoms with Gasteiger partial charge in [-0.2, -0.15) is 0 Å². The molecule has 0 aromatic heterocycles. The van der Waals surface area contributed by atoms with E-state index in [1.165, 1.54) is 0 Å². The molecule has 0 bridgehead atoms. The molecule has 1 aliphatic rings. The van der Waals surface area contributed by atoms with Crippen LogP contribution < -0.4 is 20.3 Å². The zero-order valence-corrected chi connectivity index (χ0v) is 15.6. The van der Waals surface area contributed by atoms with Crippen molar-refractivity contribution in [2.45, 2.75) is 26.3 Å². The summed E-state index contributed by atoms with van der Waals surface area (Å²) in [6.07, 6.45) is 1.57. The number of thiocarbonyl (C=S) groups is 1. The summed E-state index contributed by atoms with van der Waals surface area (Å²) in [6.45, 7) is 4.00. The van der Waals surface area contributed by atoms with E-state index in [2.05, 4.69) is 10.6 Å². The summed E-state index contributed by atoms with van der Waals surface area (Å²) >= 11 is 5.36. The molecule has 0 atom stereocenters. The molecule has 1 amide bonds. The fraction of sp³-hybridized carbons (Fsp3) is 0.300. The molecule has 6 heteroatoms. The summed E-state index contributed by atoms with van der Waals surface area (Å²) < 4.78 is 5.43. The van der Waals surface area contributed by atoms with E-state index in [-0.39, 0.29) is 5.91 Å². The van der Waals surface area contributed by atoms with Crippen LogP contribution in [0.1, 0.15) is 25.3 Å². The lowest BCUT2D eigenvalue weighted by atomic mass is 10.2. The minimum Gasteiger partial charge on any atom is -0.494 e. The Labute approximate surface area is 159 Å². The summed E-state index contributed by atoms with van der Waals surface area (Å²) in [7, 11) is 0. The van der Waals surface area contributed by atoms with Gasteiger partial charge in [0, 0.05) is 30.9 Å². The van der Waals surface area contributed by atoms with Crippen molar-refractivity contribution in [3.05, 3.63) is 54.1 Å². The van der Waals surface area contributed by atoms with Crippen molar-refractivity contribution in [1.29, 1.82) is 0 Å². The van der Waals surface area contributed by atoms with Crippen LogP contribution in [-0.2, 0) is 11.3 Å². The topological polar surface area (TPSA) is 53.6 Å². The molecule has 26 heavy (non-hydrogen) atoms. The number of nitrogens with one attached hydrogen (secondary N) is 2. The molecule has 0 spiro atoms. The van der Waals surface area contributed by atoms with Crippen LogP contribution in [0.3, 0.4) is 0 Å². The highest BCUT2D eigenvalue weighted by Crippen LogP contribution is 2.22. The Kier molecular flexibility index (Phi) is 6.07. The maximum Gasteiger partial charge on any atom is 0.227 e. The van der Waals surface area contributed by atoms with Gasteiger partial charge < -0.3 is 20.3 Å². The molecule has 1 fully saturated rings. The SMILES string of the molecule is CCOc1ccc(NC(=S)NCc2cccc(N3CCCC3=O)c2)cc1. The lowest BCUT2D eigenvalue weighted by Gasteiger charge is -2.17. The number of hydrogen-bond acceptors (Lipinski definition) is 3. The number of rotatable bonds is 6. The number of hydrogen-bond donors (Lipinski definition) is 2. The van der Waals surface area contributed by atoms with E-state index in [1.54, 1.807) is 0 Å². The first-order valence-electron chi connectivity index (χ1n) is 8.82. The zero-order valence-electron chi connectivity index (χ0n) is 14.8. The molecule has 1 heterocycles. The monoisotopic (exact) mass is 369 g/mol. The summed E-state index contributed by atoms with van der Waals surface area (Å²) in [6, 6.07) is 15.7. The van der Waals surface area contributed by atoms with Crippen LogP contribution >= 0.6 is 12.2 Å². The van der Waals surface area contributed by atoms with E-state index in [9.17, 15) is 4.79 Å². The maximum atomic E-state index is 11.9. The van der Waals surface area contributed by atoms with E-state index >= 15 is 0 Å². The van der Waals surface area contributed by atoms with Crippen LogP contribution in [-0.4, -0.2) is 24.2 Å². The van der Waals surface area contributed by atoms with Crippen LogP contribution in [0.2, 0.25) is 0 Å². The number of amides is 1. The molecule has 0 radical (unpaired) electrons. The number of carbonyl (C=O) groups excluding carboxylic acids is 1. The van der Waals surface area contributed by atoms with Crippen molar-refractivity contribution in [2.24, 2.45) is 0 Å². The molecule has 3 rings (SSSR count). The van der Waals surface area contributed by atoms with Crippen LogP contribution in [0.4, 0.5) is 11.4 Å². The largest absolute Gasteiger partial charge is 0.494 e. The van der Waals surface area contributed by atoms with Gasteiger partial charge in [0.15, 0.2) is 5.11 Å². The summed E-state index contributed by atoms with van der Waals surface area (Å²) in [5.41, 5.74) is 2.94. The lowest BCUT2D eigenvalue weighted by molar-refractivity contribution is -0.117. The molecule has 2 N–H and O–H groups in total. The Morgan fingerprint density at radius 2 is 2.04 bits per heavy atom. The number of ether oxygens (including phenoxy) is 1. The summed E-state index contributed by atoms with van der Waals surface area (Å²) in [5.74, 6) is 1.04. The van der Waals surface area contributed by atoms with Crippen molar-refractivity contribution in [2.75, 3.05) is 23.4 Å². The van der Waals surface area contributed by atoms with Crippen molar-refractivity contribution < 1.29 is 9.53 Å². The fourth-order valence-corrected chi connectivity index (χ4v) is 3.10. The minimum absolute atomic E-state index is 0.197. The predicted octanol–water partition coefficient (Wildman–Crippen LogP) is 3.70. The normalized spacial score (nSPS) is 13.6. The zero-order chi connectivity index (χ0) is 18.4. The first kappa shape index (κ1) is 18.2. The van der Waals surface area contributed by atoms with E-state index in [4.69, 9.17) is 17.0 Å². The number of nitrogens with zero attached hydrogens (tertiary/aromatic N) is 1. The molecule has 5 nitrogen and oxygen atoms in total. The highest BCUT2D eigenvalue weighted by atomic mass is 32.1. The van der Waals surface area contributed by atoms with Crippen LogP contribution in [0.5, 0.6) is 5.75 Å². The second-order valence-corrected chi connectivity index (χ2v) is 6.49. The van der Waals surface area contributed by atoms with Gasteiger partial charge in [0.05, 0.1) is 6.61 Å². The average Bonchev–Trinajstić information content (AvgIpc) is 3.08. The minimum atomic E-state index is 0.197. The molecular formula is C20H23N3O2S. The standard InChI is InChI=1S/C20H23N3O2S/c1-2-25-18-10-8-16(9-11-18)22-20(26)21-14-15-5-3-6-17(13-15)23-12-4-7-19(23)24/h3,5-6,8-11,13H,2,4,7,12,14H2,1H3,(H2,21,22,26). The van der Waals surface area contributed by atoms with Gasteiger partial charge in [0.25, 0.3) is 0 Å². The van der Waals surface area contributed by atoms with Gasteiger partial charge in [-0.25, -0.2) is 0 Å². The van der Waals surface area contributed by atoms with Gasteiger partial charge in [-0.05, 0) is 67.5 Å². The van der Waals surface area contributed by atoms with E-state index in [1.807, 2.05) is 60.4 Å². The third-order valence-electron chi connectivity index (χ3n) is 4.17. The Morgan fingerprint density at radius 3 is 2.73 bits per heavy atom. The van der Waals surface area contributed by atoms with Gasteiger partial charge in [0.1, 0.15) is 5.75 Å². The number of benzene rings is 2.